The highest BCUT2D eigenvalue weighted by Gasteiger charge is 2.13. The number of nitrogens with one attached hydrogen (secondary N) is 2. The average molecular weight is 348 g/mol. The van der Waals surface area contributed by atoms with E-state index in [-0.39, 0.29) is 11.5 Å². The minimum atomic E-state index is -1.06. The predicted molar refractivity (Wildman–Crippen MR) is 98.5 cm³/mol. The smallest absolute Gasteiger partial charge is 0.335 e. The second-order valence-corrected chi connectivity index (χ2v) is 5.40. The third-order valence-electron chi connectivity index (χ3n) is 3.56. The zero-order valence-electron chi connectivity index (χ0n) is 13.7. The molecule has 130 valence electrons. The van der Waals surface area contributed by atoms with Crippen molar-refractivity contribution in [1.29, 1.82) is 0 Å². The molecule has 0 heterocycles. The largest absolute Gasteiger partial charge is 0.478 e. The molecule has 3 N–H and O–H groups in total. The van der Waals surface area contributed by atoms with E-state index in [1.165, 1.54) is 12.1 Å². The van der Waals surface area contributed by atoms with Gasteiger partial charge < -0.3 is 15.3 Å². The maximum Gasteiger partial charge on any atom is 0.335 e. The summed E-state index contributed by atoms with van der Waals surface area (Å²) in [7, 11) is 0. The summed E-state index contributed by atoms with van der Waals surface area (Å²) >= 11 is 0. The normalized spacial score (nSPS) is 10.0. The molecule has 0 aliphatic rings. The highest BCUT2D eigenvalue weighted by molar-refractivity contribution is 6.08. The number of amides is 1. The molecule has 0 saturated heterocycles. The van der Waals surface area contributed by atoms with Crippen LogP contribution in [0.3, 0.4) is 0 Å². The highest BCUT2D eigenvalue weighted by Crippen LogP contribution is 2.19. The molecule has 0 bridgehead atoms. The molecule has 0 aliphatic heterocycles. The molecule has 3 aromatic rings. The van der Waals surface area contributed by atoms with Gasteiger partial charge in [-0.1, -0.05) is 36.4 Å². The molecule has 0 aliphatic carbocycles. The van der Waals surface area contributed by atoms with Crippen molar-refractivity contribution in [2.75, 3.05) is 10.8 Å². The summed E-state index contributed by atoms with van der Waals surface area (Å²) in [5, 5.41) is 11.7. The van der Waals surface area contributed by atoms with E-state index in [2.05, 4.69) is 10.8 Å². The maximum absolute atomic E-state index is 12.6. The van der Waals surface area contributed by atoms with Gasteiger partial charge in [0.1, 0.15) is 0 Å². The Hall–Kier alpha value is -3.80. The van der Waals surface area contributed by atoms with Crippen molar-refractivity contribution >= 4 is 23.3 Å². The first-order valence-corrected chi connectivity index (χ1v) is 7.85. The molecule has 0 spiro atoms. The number of rotatable bonds is 6. The number of aromatic carboxylic acids is 1. The molecule has 6 heteroatoms. The van der Waals surface area contributed by atoms with Gasteiger partial charge in [-0.05, 0) is 42.5 Å². The van der Waals surface area contributed by atoms with Crippen LogP contribution in [0.1, 0.15) is 20.7 Å². The first-order chi connectivity index (χ1) is 12.6. The van der Waals surface area contributed by atoms with Crippen molar-refractivity contribution in [2.45, 2.75) is 0 Å². The van der Waals surface area contributed by atoms with Crippen molar-refractivity contribution in [3.63, 3.8) is 0 Å². The van der Waals surface area contributed by atoms with Gasteiger partial charge >= 0.3 is 5.97 Å². The summed E-state index contributed by atoms with van der Waals surface area (Å²) < 4.78 is 0. The lowest BCUT2D eigenvalue weighted by Crippen LogP contribution is -2.16. The molecule has 0 fully saturated rings. The van der Waals surface area contributed by atoms with E-state index in [0.29, 0.717) is 22.7 Å². The lowest BCUT2D eigenvalue weighted by atomic mass is 10.1. The number of carbonyl (C=O) groups is 2. The van der Waals surface area contributed by atoms with Crippen molar-refractivity contribution in [3.8, 4) is 5.75 Å². The fourth-order valence-electron chi connectivity index (χ4n) is 2.30. The Bertz CT molecular complexity index is 926. The van der Waals surface area contributed by atoms with E-state index >= 15 is 0 Å². The zero-order chi connectivity index (χ0) is 18.4. The average Bonchev–Trinajstić information content (AvgIpc) is 2.67. The molecule has 0 unspecified atom stereocenters. The summed E-state index contributed by atoms with van der Waals surface area (Å²) in [6.07, 6.45) is 0. The summed E-state index contributed by atoms with van der Waals surface area (Å²) in [5.41, 5.74) is 4.12. The predicted octanol–water partition coefficient (Wildman–Crippen LogP) is 4.04. The van der Waals surface area contributed by atoms with E-state index in [9.17, 15) is 9.59 Å². The quantitative estimate of drug-likeness (QED) is 0.585. The van der Waals surface area contributed by atoms with Crippen LogP contribution in [0.2, 0.25) is 0 Å². The Morgan fingerprint density at radius 1 is 0.846 bits per heavy atom. The molecule has 3 rings (SSSR count). The van der Waals surface area contributed by atoms with Gasteiger partial charge in [-0.3, -0.25) is 4.79 Å². The van der Waals surface area contributed by atoms with Crippen LogP contribution in [0.5, 0.6) is 5.75 Å². The van der Waals surface area contributed by atoms with Gasteiger partial charge in [0, 0.05) is 5.69 Å². The fourth-order valence-corrected chi connectivity index (χ4v) is 2.30. The van der Waals surface area contributed by atoms with Crippen molar-refractivity contribution in [2.24, 2.45) is 0 Å². The second kappa shape index (κ2) is 7.85. The van der Waals surface area contributed by atoms with Crippen LogP contribution in [-0.4, -0.2) is 17.0 Å². The lowest BCUT2D eigenvalue weighted by Gasteiger charge is -2.13. The van der Waals surface area contributed by atoms with Crippen LogP contribution < -0.4 is 15.6 Å². The number of carboxylic acid groups (broad SMARTS) is 1. The SMILES string of the molecule is O=C(O)c1cccc(NC(=O)c2ccccc2NOc2ccccc2)c1. The summed E-state index contributed by atoms with van der Waals surface area (Å²) in [6, 6.07) is 22.0. The lowest BCUT2D eigenvalue weighted by molar-refractivity contribution is 0.0696. The number of carbonyl (C=O) groups excluding carboxylic acids is 1. The van der Waals surface area contributed by atoms with Crippen molar-refractivity contribution in [3.05, 3.63) is 90.0 Å². The monoisotopic (exact) mass is 348 g/mol. The Morgan fingerprint density at radius 3 is 2.35 bits per heavy atom. The third kappa shape index (κ3) is 4.18. The van der Waals surface area contributed by atoms with Crippen LogP contribution in [0, 0.1) is 0 Å². The number of hydrogen-bond acceptors (Lipinski definition) is 4. The first-order valence-electron chi connectivity index (χ1n) is 7.85. The number of para-hydroxylation sites is 2. The molecular weight excluding hydrogens is 332 g/mol. The van der Waals surface area contributed by atoms with Gasteiger partial charge in [-0.25, -0.2) is 10.3 Å². The highest BCUT2D eigenvalue weighted by atomic mass is 16.6. The minimum Gasteiger partial charge on any atom is -0.478 e. The Kier molecular flexibility index (Phi) is 5.14. The number of carboxylic acids is 1. The Morgan fingerprint density at radius 2 is 1.58 bits per heavy atom. The summed E-state index contributed by atoms with van der Waals surface area (Å²) in [5.74, 6) is -0.830. The number of hydrogen-bond donors (Lipinski definition) is 3. The third-order valence-corrected chi connectivity index (χ3v) is 3.56. The first kappa shape index (κ1) is 17.0. The van der Waals surface area contributed by atoms with Crippen LogP contribution >= 0.6 is 0 Å². The fraction of sp³-hybridized carbons (Fsp3) is 0. The molecule has 6 nitrogen and oxygen atoms in total. The summed E-state index contributed by atoms with van der Waals surface area (Å²) in [4.78, 5) is 29.1. The molecule has 0 atom stereocenters. The van der Waals surface area contributed by atoms with Gasteiger partial charge in [0.05, 0.1) is 16.8 Å². The minimum absolute atomic E-state index is 0.0987. The second-order valence-electron chi connectivity index (χ2n) is 5.40. The van der Waals surface area contributed by atoms with Gasteiger partial charge in [0.15, 0.2) is 5.75 Å². The van der Waals surface area contributed by atoms with Gasteiger partial charge in [-0.2, -0.15) is 0 Å². The van der Waals surface area contributed by atoms with E-state index in [1.54, 1.807) is 48.5 Å². The molecule has 1 amide bonds. The van der Waals surface area contributed by atoms with E-state index in [4.69, 9.17) is 9.94 Å². The molecular formula is C20H16N2O4. The molecule has 0 radical (unpaired) electrons. The van der Waals surface area contributed by atoms with Crippen molar-refractivity contribution < 1.29 is 19.5 Å². The van der Waals surface area contributed by atoms with Crippen molar-refractivity contribution in [1.82, 2.24) is 0 Å². The zero-order valence-corrected chi connectivity index (χ0v) is 13.7. The molecule has 0 saturated carbocycles. The van der Waals surface area contributed by atoms with E-state index < -0.39 is 5.97 Å². The maximum atomic E-state index is 12.6. The van der Waals surface area contributed by atoms with Gasteiger partial charge in [0.2, 0.25) is 0 Å². The van der Waals surface area contributed by atoms with Crippen LogP contribution in [0.4, 0.5) is 11.4 Å². The Balaban J connectivity index is 1.75. The number of benzene rings is 3. The standard InChI is InChI=1S/C20H16N2O4/c23-19(21-15-8-6-7-14(13-15)20(24)25)17-11-4-5-12-18(17)22-26-16-9-2-1-3-10-16/h1-13,22H,(H,21,23)(H,24,25). The van der Waals surface area contributed by atoms with Crippen LogP contribution in [0.15, 0.2) is 78.9 Å². The summed E-state index contributed by atoms with van der Waals surface area (Å²) in [6.45, 7) is 0. The Labute approximate surface area is 150 Å². The van der Waals surface area contributed by atoms with E-state index in [1.807, 2.05) is 18.2 Å². The topological polar surface area (TPSA) is 87.7 Å². The van der Waals surface area contributed by atoms with Gasteiger partial charge in [0.25, 0.3) is 5.91 Å². The van der Waals surface area contributed by atoms with Crippen LogP contribution in [-0.2, 0) is 0 Å². The molecule has 3 aromatic carbocycles. The van der Waals surface area contributed by atoms with E-state index in [0.717, 1.165) is 0 Å². The number of anilines is 2. The van der Waals surface area contributed by atoms with Gasteiger partial charge in [-0.15, -0.1) is 0 Å². The molecule has 26 heavy (non-hydrogen) atoms. The molecule has 0 aromatic heterocycles. The van der Waals surface area contributed by atoms with Crippen LogP contribution in [0.25, 0.3) is 0 Å².